The van der Waals surface area contributed by atoms with E-state index in [9.17, 15) is 18.4 Å². The van der Waals surface area contributed by atoms with Crippen molar-refractivity contribution >= 4 is 11.8 Å². The first-order valence-electron chi connectivity index (χ1n) is 10.1. The van der Waals surface area contributed by atoms with E-state index in [0.717, 1.165) is 50.8 Å². The molecule has 1 aromatic carbocycles. The van der Waals surface area contributed by atoms with Crippen LogP contribution in [0.15, 0.2) is 18.2 Å². The van der Waals surface area contributed by atoms with E-state index < -0.39 is 11.6 Å². The molecule has 0 saturated carbocycles. The normalized spacial score (nSPS) is 22.6. The van der Waals surface area contributed by atoms with Crippen LogP contribution in [-0.4, -0.2) is 54.4 Å². The minimum absolute atomic E-state index is 0.0588. The topological polar surface area (TPSA) is 49.9 Å². The van der Waals surface area contributed by atoms with Crippen LogP contribution in [0.3, 0.4) is 0 Å². The molecule has 0 bridgehead atoms. The van der Waals surface area contributed by atoms with Crippen LogP contribution in [0.5, 0.6) is 5.75 Å². The third-order valence-corrected chi connectivity index (χ3v) is 5.79. The largest absolute Gasteiger partial charge is 0.481 e. The second kappa shape index (κ2) is 8.88. The lowest BCUT2D eigenvalue weighted by atomic mass is 9.73. The molecular formula is C21H28F2N2O3. The molecule has 2 amide bonds. The number of benzene rings is 1. The second-order valence-electron chi connectivity index (χ2n) is 7.95. The van der Waals surface area contributed by atoms with E-state index in [1.807, 2.05) is 4.90 Å². The molecule has 0 unspecified atom stereocenters. The summed E-state index contributed by atoms with van der Waals surface area (Å²) in [6, 6.07) is 3.02. The minimum atomic E-state index is -0.819. The number of hydrogen-bond donors (Lipinski definition) is 0. The van der Waals surface area contributed by atoms with Crippen LogP contribution in [0.2, 0.25) is 0 Å². The SMILES string of the molecule is CCCCN1C[C@]2(CCCN(C(=O)COc3ccc(F)cc3F)C2)CCC1=O. The molecule has 7 heteroatoms. The van der Waals surface area contributed by atoms with Gasteiger partial charge >= 0.3 is 0 Å². The summed E-state index contributed by atoms with van der Waals surface area (Å²) < 4.78 is 31.9. The average Bonchev–Trinajstić information content (AvgIpc) is 2.68. The predicted molar refractivity (Wildman–Crippen MR) is 101 cm³/mol. The van der Waals surface area contributed by atoms with Gasteiger partial charge in [-0.1, -0.05) is 13.3 Å². The Morgan fingerprint density at radius 1 is 1.25 bits per heavy atom. The zero-order valence-electron chi connectivity index (χ0n) is 16.4. The van der Waals surface area contributed by atoms with Crippen LogP contribution < -0.4 is 4.74 Å². The smallest absolute Gasteiger partial charge is 0.260 e. The van der Waals surface area contributed by atoms with E-state index >= 15 is 0 Å². The zero-order valence-corrected chi connectivity index (χ0v) is 16.4. The molecule has 2 saturated heterocycles. The minimum Gasteiger partial charge on any atom is -0.481 e. The Labute approximate surface area is 164 Å². The monoisotopic (exact) mass is 394 g/mol. The van der Waals surface area contributed by atoms with E-state index in [4.69, 9.17) is 4.74 Å². The lowest BCUT2D eigenvalue weighted by molar-refractivity contribution is -0.144. The van der Waals surface area contributed by atoms with Gasteiger partial charge in [0.1, 0.15) is 5.82 Å². The van der Waals surface area contributed by atoms with Crippen molar-refractivity contribution in [2.75, 3.05) is 32.8 Å². The Balaban J connectivity index is 1.59. The van der Waals surface area contributed by atoms with Gasteiger partial charge in [-0.2, -0.15) is 0 Å². The summed E-state index contributed by atoms with van der Waals surface area (Å²) in [5.74, 6) is -1.64. The number of piperidine rings is 2. The van der Waals surface area contributed by atoms with Gasteiger partial charge in [-0.05, 0) is 37.8 Å². The van der Waals surface area contributed by atoms with Crippen molar-refractivity contribution in [2.45, 2.75) is 45.4 Å². The summed E-state index contributed by atoms with van der Waals surface area (Å²) in [5.41, 5.74) is -0.0588. The number of carbonyl (C=O) groups excluding carboxylic acids is 2. The maximum absolute atomic E-state index is 13.7. The van der Waals surface area contributed by atoms with Crippen molar-refractivity contribution in [3.05, 3.63) is 29.8 Å². The van der Waals surface area contributed by atoms with Crippen molar-refractivity contribution in [1.82, 2.24) is 9.80 Å². The van der Waals surface area contributed by atoms with Crippen molar-refractivity contribution in [2.24, 2.45) is 5.41 Å². The fourth-order valence-corrected chi connectivity index (χ4v) is 4.23. The zero-order chi connectivity index (χ0) is 20.1. The maximum atomic E-state index is 13.7. The second-order valence-corrected chi connectivity index (χ2v) is 7.95. The molecule has 2 aliphatic heterocycles. The van der Waals surface area contributed by atoms with Gasteiger partial charge in [-0.15, -0.1) is 0 Å². The van der Waals surface area contributed by atoms with Crippen LogP contribution >= 0.6 is 0 Å². The number of carbonyl (C=O) groups is 2. The van der Waals surface area contributed by atoms with E-state index in [2.05, 4.69) is 6.92 Å². The van der Waals surface area contributed by atoms with Crippen LogP contribution in [-0.2, 0) is 9.59 Å². The Hall–Kier alpha value is -2.18. The summed E-state index contributed by atoms with van der Waals surface area (Å²) in [6.07, 6.45) is 5.24. The molecule has 3 rings (SSSR count). The summed E-state index contributed by atoms with van der Waals surface area (Å²) >= 11 is 0. The fourth-order valence-electron chi connectivity index (χ4n) is 4.23. The average molecular weight is 394 g/mol. The van der Waals surface area contributed by atoms with Gasteiger partial charge in [-0.25, -0.2) is 8.78 Å². The first-order valence-corrected chi connectivity index (χ1v) is 10.1. The van der Waals surface area contributed by atoms with Crippen molar-refractivity contribution < 1.29 is 23.1 Å². The lowest BCUT2D eigenvalue weighted by Crippen LogP contribution is -2.55. The molecule has 1 spiro atoms. The van der Waals surface area contributed by atoms with Gasteiger partial charge in [0.15, 0.2) is 18.2 Å². The molecule has 2 aliphatic rings. The standard InChI is InChI=1S/C21H28F2N2O3/c1-2-3-10-24-14-21(9-7-19(24)26)8-4-11-25(15-21)20(27)13-28-18-6-5-16(22)12-17(18)23/h5-6,12H,2-4,7-11,13-15H2,1H3/t21-/m0/s1. The van der Waals surface area contributed by atoms with Crippen LogP contribution in [0, 0.1) is 17.0 Å². The summed E-state index contributed by atoms with van der Waals surface area (Å²) in [4.78, 5) is 28.5. The number of ether oxygens (including phenoxy) is 1. The number of likely N-dealkylation sites (tertiary alicyclic amines) is 2. The number of amides is 2. The Morgan fingerprint density at radius 3 is 2.82 bits per heavy atom. The van der Waals surface area contributed by atoms with Gasteiger partial charge in [-0.3, -0.25) is 9.59 Å². The highest BCUT2D eigenvalue weighted by atomic mass is 19.1. The van der Waals surface area contributed by atoms with E-state index in [-0.39, 0.29) is 29.6 Å². The third-order valence-electron chi connectivity index (χ3n) is 5.79. The first-order chi connectivity index (χ1) is 13.4. The molecule has 5 nitrogen and oxygen atoms in total. The van der Waals surface area contributed by atoms with E-state index in [0.29, 0.717) is 26.1 Å². The first kappa shape index (κ1) is 20.6. The van der Waals surface area contributed by atoms with E-state index in [1.165, 1.54) is 6.07 Å². The van der Waals surface area contributed by atoms with Crippen molar-refractivity contribution in [3.8, 4) is 5.75 Å². The summed E-state index contributed by atoms with van der Waals surface area (Å²) in [6.45, 7) is 4.53. The molecule has 0 N–H and O–H groups in total. The summed E-state index contributed by atoms with van der Waals surface area (Å²) in [7, 11) is 0. The molecule has 0 aliphatic carbocycles. The number of hydrogen-bond acceptors (Lipinski definition) is 3. The van der Waals surface area contributed by atoms with Gasteiger partial charge in [0.2, 0.25) is 5.91 Å². The van der Waals surface area contributed by atoms with Crippen LogP contribution in [0.1, 0.15) is 45.4 Å². The van der Waals surface area contributed by atoms with Gasteiger partial charge in [0.25, 0.3) is 5.91 Å². The maximum Gasteiger partial charge on any atom is 0.260 e. The Bertz CT molecular complexity index is 728. The number of unbranched alkanes of at least 4 members (excludes halogenated alkanes) is 1. The van der Waals surface area contributed by atoms with Gasteiger partial charge in [0.05, 0.1) is 0 Å². The molecule has 2 fully saturated rings. The molecule has 154 valence electrons. The summed E-state index contributed by atoms with van der Waals surface area (Å²) in [5, 5.41) is 0. The molecule has 1 aromatic rings. The molecule has 28 heavy (non-hydrogen) atoms. The Morgan fingerprint density at radius 2 is 2.07 bits per heavy atom. The lowest BCUT2D eigenvalue weighted by Gasteiger charge is -2.48. The van der Waals surface area contributed by atoms with Crippen molar-refractivity contribution in [3.63, 3.8) is 0 Å². The van der Waals surface area contributed by atoms with Gasteiger partial charge in [0, 0.05) is 44.1 Å². The van der Waals surface area contributed by atoms with Crippen LogP contribution in [0.4, 0.5) is 8.78 Å². The van der Waals surface area contributed by atoms with Gasteiger partial charge < -0.3 is 14.5 Å². The quantitative estimate of drug-likeness (QED) is 0.743. The highest BCUT2D eigenvalue weighted by molar-refractivity contribution is 5.79. The van der Waals surface area contributed by atoms with Crippen LogP contribution in [0.25, 0.3) is 0 Å². The Kier molecular flexibility index (Phi) is 6.52. The molecule has 0 radical (unpaired) electrons. The number of rotatable bonds is 6. The predicted octanol–water partition coefficient (Wildman–Crippen LogP) is 3.37. The fraction of sp³-hybridized carbons (Fsp3) is 0.619. The van der Waals surface area contributed by atoms with Crippen molar-refractivity contribution in [1.29, 1.82) is 0 Å². The highest BCUT2D eigenvalue weighted by Gasteiger charge is 2.42. The third kappa shape index (κ3) is 4.80. The molecule has 2 heterocycles. The molecule has 0 aromatic heterocycles. The highest BCUT2D eigenvalue weighted by Crippen LogP contribution is 2.39. The molecule has 1 atom stereocenters. The molecular weight excluding hydrogens is 366 g/mol. The number of nitrogens with zero attached hydrogens (tertiary/aromatic N) is 2. The van der Waals surface area contributed by atoms with E-state index in [1.54, 1.807) is 4.90 Å². The number of halogens is 2.